The van der Waals surface area contributed by atoms with Gasteiger partial charge < -0.3 is 49.8 Å². The number of thiophene rings is 1. The standard InChI is InChI=1S/C58H68ClF2N11O8S/c1-33-35(3)81-58-48(33)50(38-12-14-39(59)15-13-38)65-45(53-68-67-36(4)72(53)58)32-47(73)64-40-16-18-41(19-17-40)80-29-28-79-27-26-78-25-20-63-55(75)49-42-30-43(60)44(61)31-46(42)69(6)52(49)57(77)71-23-21-70(22-24-71)56(76)51(37-10-8-7-9-11-37)66-54(74)34(2)62-5/h12-19,30-31,34,37,45,51,62H,7-11,20-29,32H2,1-6H3,(H,63,75)(H,64,73)(H,66,74)/t34?,45-,51?/m0/s1. The molecule has 5 amide bonds. The molecule has 23 heteroatoms. The zero-order valence-electron chi connectivity index (χ0n) is 46.3. The number of ether oxygens (including phenoxy) is 3. The van der Waals surface area contributed by atoms with Gasteiger partial charge in [0.2, 0.25) is 17.7 Å². The highest BCUT2D eigenvalue weighted by molar-refractivity contribution is 7.15. The Morgan fingerprint density at radius 1 is 0.840 bits per heavy atom. The lowest BCUT2D eigenvalue weighted by molar-refractivity contribution is -0.140. The van der Waals surface area contributed by atoms with E-state index in [1.165, 1.54) is 16.5 Å². The Balaban J connectivity index is 0.719. The fourth-order valence-corrected chi connectivity index (χ4v) is 12.0. The molecule has 1 saturated heterocycles. The van der Waals surface area contributed by atoms with Crippen LogP contribution in [0.5, 0.6) is 5.75 Å². The van der Waals surface area contributed by atoms with Crippen molar-refractivity contribution >= 4 is 74.8 Å². The molecule has 4 N–H and O–H groups in total. The molecule has 1 saturated carbocycles. The van der Waals surface area contributed by atoms with Crippen LogP contribution < -0.4 is 26.0 Å². The quantitative estimate of drug-likeness (QED) is 0.0521. The molecule has 6 aromatic rings. The van der Waals surface area contributed by atoms with E-state index in [0.717, 1.165) is 76.5 Å². The summed E-state index contributed by atoms with van der Waals surface area (Å²) in [4.78, 5) is 78.3. The van der Waals surface area contributed by atoms with E-state index in [-0.39, 0.29) is 118 Å². The third-order valence-electron chi connectivity index (χ3n) is 15.3. The molecular weight excluding hydrogens is 1080 g/mol. The highest BCUT2D eigenvalue weighted by Crippen LogP contribution is 2.40. The minimum Gasteiger partial charge on any atom is -0.491 e. The van der Waals surface area contributed by atoms with Crippen molar-refractivity contribution in [2.75, 3.05) is 78.1 Å². The van der Waals surface area contributed by atoms with Gasteiger partial charge in [-0.25, -0.2) is 8.78 Å². The summed E-state index contributed by atoms with van der Waals surface area (Å²) in [6, 6.07) is 14.6. The number of likely N-dealkylation sites (N-methyl/N-ethyl adjacent to an activating group) is 1. The molecule has 3 aromatic heterocycles. The molecule has 0 radical (unpaired) electrons. The van der Waals surface area contributed by atoms with Gasteiger partial charge in [-0.05, 0) is 102 Å². The number of fused-ring (bicyclic) bond motifs is 4. The summed E-state index contributed by atoms with van der Waals surface area (Å²) in [6.07, 6.45) is 4.72. The van der Waals surface area contributed by atoms with Gasteiger partial charge in [0, 0.05) is 77.9 Å². The number of nitrogens with zero attached hydrogens (tertiary/aromatic N) is 7. The molecule has 1 aliphatic carbocycles. The van der Waals surface area contributed by atoms with Crippen molar-refractivity contribution in [3.05, 3.63) is 122 Å². The lowest BCUT2D eigenvalue weighted by Gasteiger charge is -2.39. The number of hydrogen-bond donors (Lipinski definition) is 4. The minimum absolute atomic E-state index is 0.00372. The van der Waals surface area contributed by atoms with Crippen LogP contribution in [0.15, 0.2) is 65.7 Å². The lowest BCUT2D eigenvalue weighted by atomic mass is 9.83. The third kappa shape index (κ3) is 13.2. The summed E-state index contributed by atoms with van der Waals surface area (Å²) in [5.74, 6) is -2.33. The van der Waals surface area contributed by atoms with Crippen LogP contribution >= 0.6 is 22.9 Å². The zero-order valence-corrected chi connectivity index (χ0v) is 47.9. The summed E-state index contributed by atoms with van der Waals surface area (Å²) >= 11 is 7.90. The fraction of sp³-hybridized carbons (Fsp3) is 0.448. The number of hydrogen-bond acceptors (Lipinski definition) is 13. The maximum atomic E-state index is 14.7. The van der Waals surface area contributed by atoms with E-state index < -0.39 is 41.6 Å². The molecule has 2 fully saturated rings. The number of amides is 5. The Bertz CT molecular complexity index is 3310. The van der Waals surface area contributed by atoms with Gasteiger partial charge in [-0.3, -0.25) is 33.5 Å². The van der Waals surface area contributed by atoms with E-state index in [4.69, 9.17) is 30.8 Å². The number of aryl methyl sites for hydroxylation is 3. The molecule has 19 nitrogen and oxygen atoms in total. The number of piperazine rings is 1. The summed E-state index contributed by atoms with van der Waals surface area (Å²) in [7, 11) is 3.20. The van der Waals surface area contributed by atoms with Gasteiger partial charge in [0.1, 0.15) is 41.0 Å². The first-order chi connectivity index (χ1) is 39.0. The highest BCUT2D eigenvalue weighted by Gasteiger charge is 2.38. The summed E-state index contributed by atoms with van der Waals surface area (Å²) in [6.45, 7) is 9.51. The van der Waals surface area contributed by atoms with Crippen molar-refractivity contribution in [3.8, 4) is 10.8 Å². The van der Waals surface area contributed by atoms with Crippen LogP contribution in [-0.2, 0) is 30.9 Å². The Hall–Kier alpha value is -7.11. The molecule has 2 unspecified atom stereocenters. The third-order valence-corrected chi connectivity index (χ3v) is 16.8. The second kappa shape index (κ2) is 26.2. The first-order valence-electron chi connectivity index (χ1n) is 27.4. The van der Waals surface area contributed by atoms with Crippen LogP contribution in [0.25, 0.3) is 15.9 Å². The number of benzene rings is 3. The van der Waals surface area contributed by atoms with E-state index in [1.807, 2.05) is 35.8 Å². The molecule has 3 atom stereocenters. The molecule has 430 valence electrons. The summed E-state index contributed by atoms with van der Waals surface area (Å²) in [5.41, 5.74) is 4.31. The van der Waals surface area contributed by atoms with Crippen LogP contribution in [-0.4, -0.2) is 149 Å². The summed E-state index contributed by atoms with van der Waals surface area (Å²) < 4.78 is 50.0. The Morgan fingerprint density at radius 3 is 2.21 bits per heavy atom. The van der Waals surface area contributed by atoms with Crippen molar-refractivity contribution in [1.29, 1.82) is 0 Å². The Labute approximate surface area is 477 Å². The van der Waals surface area contributed by atoms with Crippen LogP contribution in [0.4, 0.5) is 14.5 Å². The molecule has 2 aliphatic heterocycles. The molecular formula is C58H68ClF2N11O8S. The van der Waals surface area contributed by atoms with E-state index in [9.17, 15) is 32.8 Å². The first kappa shape index (κ1) is 58.5. The van der Waals surface area contributed by atoms with E-state index in [2.05, 4.69) is 45.3 Å². The molecule has 0 spiro atoms. The smallest absolute Gasteiger partial charge is 0.271 e. The van der Waals surface area contributed by atoms with Gasteiger partial charge >= 0.3 is 0 Å². The number of nitrogens with one attached hydrogen (secondary N) is 4. The maximum Gasteiger partial charge on any atom is 0.271 e. The van der Waals surface area contributed by atoms with Crippen molar-refractivity contribution in [1.82, 2.24) is 45.1 Å². The first-order valence-corrected chi connectivity index (χ1v) is 28.6. The monoisotopic (exact) mass is 1150 g/mol. The molecule has 9 rings (SSSR count). The number of aromatic nitrogens is 4. The Morgan fingerprint density at radius 2 is 1.51 bits per heavy atom. The number of halogens is 3. The van der Waals surface area contributed by atoms with Crippen LogP contribution in [0.2, 0.25) is 5.02 Å². The van der Waals surface area contributed by atoms with Gasteiger partial charge in [0.05, 0.1) is 55.7 Å². The number of anilines is 1. The van der Waals surface area contributed by atoms with Crippen LogP contribution in [0.3, 0.4) is 0 Å². The number of carbonyl (C=O) groups is 5. The van der Waals surface area contributed by atoms with Gasteiger partial charge in [-0.15, -0.1) is 21.5 Å². The van der Waals surface area contributed by atoms with Gasteiger partial charge in [0.15, 0.2) is 17.5 Å². The summed E-state index contributed by atoms with van der Waals surface area (Å²) in [5, 5.41) is 22.2. The van der Waals surface area contributed by atoms with Crippen LogP contribution in [0.1, 0.15) is 106 Å². The van der Waals surface area contributed by atoms with Gasteiger partial charge in [0.25, 0.3) is 11.8 Å². The average molecular weight is 1150 g/mol. The second-order valence-corrected chi connectivity index (χ2v) is 22.2. The lowest BCUT2D eigenvalue weighted by Crippen LogP contribution is -2.59. The van der Waals surface area contributed by atoms with E-state index in [0.29, 0.717) is 28.1 Å². The predicted octanol–water partition coefficient (Wildman–Crippen LogP) is 7.40. The minimum atomic E-state index is -1.17. The van der Waals surface area contributed by atoms with Crippen molar-refractivity contribution in [2.24, 2.45) is 18.0 Å². The fourth-order valence-electron chi connectivity index (χ4n) is 10.7. The van der Waals surface area contributed by atoms with E-state index in [1.54, 1.807) is 54.5 Å². The van der Waals surface area contributed by atoms with E-state index >= 15 is 0 Å². The van der Waals surface area contributed by atoms with Crippen molar-refractivity contribution < 1.29 is 47.0 Å². The normalized spacial score (nSPS) is 16.3. The largest absolute Gasteiger partial charge is 0.491 e. The second-order valence-electron chi connectivity index (χ2n) is 20.6. The van der Waals surface area contributed by atoms with Crippen molar-refractivity contribution in [2.45, 2.75) is 84.3 Å². The highest BCUT2D eigenvalue weighted by atomic mass is 35.5. The van der Waals surface area contributed by atoms with Gasteiger partial charge in [-0.2, -0.15) is 0 Å². The predicted molar refractivity (Wildman–Crippen MR) is 305 cm³/mol. The topological polar surface area (TPSA) is 216 Å². The molecule has 81 heavy (non-hydrogen) atoms. The van der Waals surface area contributed by atoms with Gasteiger partial charge in [-0.1, -0.05) is 43.0 Å². The average Bonchev–Trinajstić information content (AvgIpc) is 4.23. The Kier molecular flexibility index (Phi) is 18.9. The number of rotatable bonds is 21. The molecule has 3 aromatic carbocycles. The molecule has 3 aliphatic rings. The zero-order chi connectivity index (χ0) is 57.5. The maximum absolute atomic E-state index is 14.7. The number of carbonyl (C=O) groups excluding carboxylic acids is 5. The number of aliphatic imine (C=N–C) groups is 1. The molecule has 0 bridgehead atoms. The van der Waals surface area contributed by atoms with Crippen LogP contribution in [0, 0.1) is 38.3 Å². The SMILES string of the molecule is CNC(C)C(=O)NC(C(=O)N1CCN(C(=O)c2c(C(=O)NCCOCCOCCOc3ccc(NC(=O)C[C@@H]4N=C(c5ccc(Cl)cc5)c5c(sc(C)c5C)-n5c(C)nnc54)cc3)c3cc(F)c(F)cc3n2C)CC1)C1CCCCC1. The molecule has 5 heterocycles. The van der Waals surface area contributed by atoms with Crippen molar-refractivity contribution in [3.63, 3.8) is 0 Å².